The zero-order valence-electron chi connectivity index (χ0n) is 10.1. The number of carbonyl (C=O) groups excluding carboxylic acids is 1. The highest BCUT2D eigenvalue weighted by Gasteiger charge is 2.41. The Hall–Kier alpha value is -0.850. The lowest BCUT2D eigenvalue weighted by atomic mass is 9.79. The number of carbonyl (C=O) groups is 1. The van der Waals surface area contributed by atoms with Gasteiger partial charge in [0.15, 0.2) is 0 Å². The molecule has 3 unspecified atom stereocenters. The predicted molar refractivity (Wildman–Crippen MR) is 58.4 cm³/mol. The van der Waals surface area contributed by atoms with Crippen molar-refractivity contribution in [3.63, 3.8) is 0 Å². The van der Waals surface area contributed by atoms with Crippen LogP contribution in [0.25, 0.3) is 0 Å². The molecule has 3 N–H and O–H groups in total. The molecule has 1 aliphatic carbocycles. The topological polar surface area (TPSA) is 55.1 Å². The van der Waals surface area contributed by atoms with Gasteiger partial charge in [-0.3, -0.25) is 4.79 Å². The fourth-order valence-electron chi connectivity index (χ4n) is 2.08. The molecule has 0 aromatic heterocycles. The Balaban J connectivity index is 2.42. The Bertz CT molecular complexity index is 299. The van der Waals surface area contributed by atoms with Crippen molar-refractivity contribution in [1.29, 1.82) is 0 Å². The third-order valence-electron chi connectivity index (χ3n) is 3.42. The molecule has 0 spiro atoms. The van der Waals surface area contributed by atoms with Crippen molar-refractivity contribution in [3.8, 4) is 0 Å². The molecule has 106 valence electrons. The second-order valence-corrected chi connectivity index (χ2v) is 4.93. The second-order valence-electron chi connectivity index (χ2n) is 4.93. The summed E-state index contributed by atoms with van der Waals surface area (Å²) < 4.78 is 49.1. The molecule has 0 saturated heterocycles. The Labute approximate surface area is 103 Å². The predicted octanol–water partition coefficient (Wildman–Crippen LogP) is 1.77. The molecule has 0 heterocycles. The maximum Gasteiger partial charge on any atom is 0.324 e. The molecule has 18 heavy (non-hydrogen) atoms. The Kier molecular flexibility index (Phi) is 4.95. The summed E-state index contributed by atoms with van der Waals surface area (Å²) in [7, 11) is 0. The van der Waals surface area contributed by atoms with E-state index < -0.39 is 30.7 Å². The maximum absolute atomic E-state index is 12.6. The summed E-state index contributed by atoms with van der Waals surface area (Å²) in [4.78, 5) is 11.6. The van der Waals surface area contributed by atoms with Crippen molar-refractivity contribution in [2.24, 2.45) is 17.6 Å². The van der Waals surface area contributed by atoms with Crippen LogP contribution in [0.1, 0.15) is 26.2 Å². The lowest BCUT2D eigenvalue weighted by Gasteiger charge is -2.31. The van der Waals surface area contributed by atoms with Crippen molar-refractivity contribution in [3.05, 3.63) is 0 Å². The quantitative estimate of drug-likeness (QED) is 0.765. The third-order valence-corrected chi connectivity index (χ3v) is 3.42. The standard InChI is InChI=1S/C11H18F4N2O/c1-6-4-7(2-3-8(6)16)9(18)17-5-11(14,15)10(12)13/h6-8,10H,2-5,16H2,1H3,(H,17,18). The van der Waals surface area contributed by atoms with Gasteiger partial charge in [-0.15, -0.1) is 0 Å². The summed E-state index contributed by atoms with van der Waals surface area (Å²) in [5.74, 6) is -5.04. The number of halogens is 4. The van der Waals surface area contributed by atoms with E-state index in [9.17, 15) is 22.4 Å². The molecule has 0 bridgehead atoms. The van der Waals surface area contributed by atoms with Crippen LogP contribution in [0.15, 0.2) is 0 Å². The van der Waals surface area contributed by atoms with Gasteiger partial charge < -0.3 is 11.1 Å². The van der Waals surface area contributed by atoms with Crippen molar-refractivity contribution in [2.75, 3.05) is 6.54 Å². The zero-order chi connectivity index (χ0) is 13.9. The number of amides is 1. The Morgan fingerprint density at radius 1 is 1.44 bits per heavy atom. The zero-order valence-corrected chi connectivity index (χ0v) is 10.1. The van der Waals surface area contributed by atoms with E-state index in [0.29, 0.717) is 19.3 Å². The van der Waals surface area contributed by atoms with E-state index in [4.69, 9.17) is 5.73 Å². The van der Waals surface area contributed by atoms with E-state index >= 15 is 0 Å². The van der Waals surface area contributed by atoms with Gasteiger partial charge in [0.1, 0.15) is 0 Å². The molecule has 1 aliphatic rings. The van der Waals surface area contributed by atoms with Gasteiger partial charge in [-0.2, -0.15) is 8.78 Å². The highest BCUT2D eigenvalue weighted by molar-refractivity contribution is 5.78. The van der Waals surface area contributed by atoms with Gasteiger partial charge in [-0.1, -0.05) is 6.92 Å². The first-order chi connectivity index (χ1) is 8.24. The minimum atomic E-state index is -4.17. The van der Waals surface area contributed by atoms with E-state index in [2.05, 4.69) is 0 Å². The molecule has 0 aromatic rings. The first-order valence-corrected chi connectivity index (χ1v) is 5.93. The van der Waals surface area contributed by atoms with Crippen LogP contribution in [0, 0.1) is 11.8 Å². The van der Waals surface area contributed by atoms with Crippen LogP contribution < -0.4 is 11.1 Å². The first-order valence-electron chi connectivity index (χ1n) is 5.93. The fourth-order valence-corrected chi connectivity index (χ4v) is 2.08. The van der Waals surface area contributed by atoms with Crippen LogP contribution in [0.2, 0.25) is 0 Å². The molecule has 3 atom stereocenters. The normalized spacial score (nSPS) is 29.4. The van der Waals surface area contributed by atoms with Crippen molar-refractivity contribution >= 4 is 5.91 Å². The van der Waals surface area contributed by atoms with Crippen LogP contribution in [0.4, 0.5) is 17.6 Å². The van der Waals surface area contributed by atoms with E-state index in [1.165, 1.54) is 0 Å². The molecule has 1 amide bonds. The highest BCUT2D eigenvalue weighted by Crippen LogP contribution is 2.28. The average molecular weight is 270 g/mol. The summed E-state index contributed by atoms with van der Waals surface area (Å²) in [5.41, 5.74) is 5.77. The van der Waals surface area contributed by atoms with Gasteiger partial charge in [0.2, 0.25) is 5.91 Å². The van der Waals surface area contributed by atoms with E-state index in [1.807, 2.05) is 12.2 Å². The van der Waals surface area contributed by atoms with Gasteiger partial charge in [-0.05, 0) is 25.2 Å². The minimum Gasteiger partial charge on any atom is -0.350 e. The van der Waals surface area contributed by atoms with Crippen molar-refractivity contribution in [2.45, 2.75) is 44.6 Å². The third kappa shape index (κ3) is 3.83. The maximum atomic E-state index is 12.6. The monoisotopic (exact) mass is 270 g/mol. The van der Waals surface area contributed by atoms with Gasteiger partial charge in [-0.25, -0.2) is 8.78 Å². The van der Waals surface area contributed by atoms with E-state index in [1.54, 1.807) is 0 Å². The van der Waals surface area contributed by atoms with Crippen LogP contribution in [0.3, 0.4) is 0 Å². The lowest BCUT2D eigenvalue weighted by molar-refractivity contribution is -0.139. The Morgan fingerprint density at radius 3 is 2.56 bits per heavy atom. The summed E-state index contributed by atoms with van der Waals surface area (Å²) in [6.07, 6.45) is -2.11. The molecule has 7 heteroatoms. The first kappa shape index (κ1) is 15.2. The van der Waals surface area contributed by atoms with Gasteiger partial charge in [0, 0.05) is 12.0 Å². The van der Waals surface area contributed by atoms with E-state index in [-0.39, 0.29) is 12.0 Å². The SMILES string of the molecule is CC1CC(C(=O)NCC(F)(F)C(F)F)CCC1N. The van der Waals surface area contributed by atoms with E-state index in [0.717, 1.165) is 0 Å². The minimum absolute atomic E-state index is 0.0107. The average Bonchev–Trinajstić information content (AvgIpc) is 2.29. The molecular weight excluding hydrogens is 252 g/mol. The number of alkyl halides is 4. The molecule has 1 rings (SSSR count). The van der Waals surface area contributed by atoms with Crippen molar-refractivity contribution in [1.82, 2.24) is 5.32 Å². The number of nitrogens with two attached hydrogens (primary N) is 1. The van der Waals surface area contributed by atoms with Gasteiger partial charge >= 0.3 is 12.3 Å². The largest absolute Gasteiger partial charge is 0.350 e. The molecule has 0 aliphatic heterocycles. The van der Waals surface area contributed by atoms with Crippen LogP contribution >= 0.6 is 0 Å². The second kappa shape index (κ2) is 5.86. The van der Waals surface area contributed by atoms with Gasteiger partial charge in [0.05, 0.1) is 6.54 Å². The summed E-state index contributed by atoms with van der Waals surface area (Å²) in [5, 5.41) is 1.90. The molecule has 1 saturated carbocycles. The summed E-state index contributed by atoms with van der Waals surface area (Å²) >= 11 is 0. The van der Waals surface area contributed by atoms with Crippen LogP contribution in [0.5, 0.6) is 0 Å². The molecule has 0 aromatic carbocycles. The molecule has 0 radical (unpaired) electrons. The molecular formula is C11H18F4N2O. The molecule has 3 nitrogen and oxygen atoms in total. The number of hydrogen-bond donors (Lipinski definition) is 2. The summed E-state index contributed by atoms with van der Waals surface area (Å²) in [6.45, 7) is 0.568. The number of hydrogen-bond acceptors (Lipinski definition) is 2. The number of rotatable bonds is 4. The molecule has 1 fully saturated rings. The van der Waals surface area contributed by atoms with Gasteiger partial charge in [0.25, 0.3) is 0 Å². The lowest BCUT2D eigenvalue weighted by Crippen LogP contribution is -2.45. The number of nitrogens with one attached hydrogen (secondary N) is 1. The van der Waals surface area contributed by atoms with Crippen LogP contribution in [-0.2, 0) is 4.79 Å². The summed E-state index contributed by atoms with van der Waals surface area (Å²) in [6, 6.07) is 0.0107. The highest BCUT2D eigenvalue weighted by atomic mass is 19.3. The smallest absolute Gasteiger partial charge is 0.324 e. The fraction of sp³-hybridized carbons (Fsp3) is 0.909. The Morgan fingerprint density at radius 2 is 2.06 bits per heavy atom. The van der Waals surface area contributed by atoms with Crippen LogP contribution in [-0.4, -0.2) is 30.8 Å². The van der Waals surface area contributed by atoms with Crippen molar-refractivity contribution < 1.29 is 22.4 Å².